The molecule has 210 valence electrons. The lowest BCUT2D eigenvalue weighted by Crippen LogP contribution is -2.53. The number of aliphatic hydroxyl groups excluding tert-OH is 2. The van der Waals surface area contributed by atoms with E-state index in [1.807, 2.05) is 48.5 Å². The molecule has 3 aromatic carbocycles. The predicted molar refractivity (Wildman–Crippen MR) is 153 cm³/mol. The summed E-state index contributed by atoms with van der Waals surface area (Å²) in [7, 11) is 3.41. The number of carbonyl (C=O) groups excluding carboxylic acids is 3. The van der Waals surface area contributed by atoms with Crippen LogP contribution in [0.4, 0.5) is 0 Å². The number of fused-ring (bicyclic) bond motifs is 4. The zero-order chi connectivity index (χ0) is 29.3. The van der Waals surface area contributed by atoms with Gasteiger partial charge in [0.2, 0.25) is 0 Å². The average Bonchev–Trinajstić information content (AvgIpc) is 2.92. The fourth-order valence-corrected chi connectivity index (χ4v) is 7.25. The SMILES string of the molecule is CN(C)[C@@H]1C(O)=C(C(N)=O)C(=O)C2C(O)=C3C(=O)c4c(O)c(CN)cc(-c5cccc6ccccc56)c4CC3CC21. The van der Waals surface area contributed by atoms with Crippen molar-refractivity contribution in [2.75, 3.05) is 14.1 Å². The maximum Gasteiger partial charge on any atom is 0.255 e. The summed E-state index contributed by atoms with van der Waals surface area (Å²) in [5.41, 5.74) is 13.7. The molecule has 0 aromatic heterocycles. The van der Waals surface area contributed by atoms with Crippen molar-refractivity contribution < 1.29 is 29.7 Å². The Morgan fingerprint density at radius 1 is 1.00 bits per heavy atom. The molecule has 0 heterocycles. The summed E-state index contributed by atoms with van der Waals surface area (Å²) in [5, 5.41) is 35.7. The van der Waals surface area contributed by atoms with Crippen LogP contribution in [0.2, 0.25) is 0 Å². The average molecular weight is 554 g/mol. The molecule has 9 nitrogen and oxygen atoms in total. The molecule has 3 aromatic rings. The smallest absolute Gasteiger partial charge is 0.255 e. The second kappa shape index (κ2) is 9.57. The van der Waals surface area contributed by atoms with Gasteiger partial charge < -0.3 is 26.8 Å². The number of carbonyl (C=O) groups is 3. The van der Waals surface area contributed by atoms with E-state index < -0.39 is 58.4 Å². The zero-order valence-electron chi connectivity index (χ0n) is 22.7. The Balaban J connectivity index is 1.58. The van der Waals surface area contributed by atoms with Crippen LogP contribution in [0.5, 0.6) is 5.75 Å². The first kappa shape index (κ1) is 26.7. The summed E-state index contributed by atoms with van der Waals surface area (Å²) in [6.07, 6.45) is 0.594. The number of ketones is 2. The number of aliphatic hydroxyl groups is 2. The molecule has 0 bridgehead atoms. The quantitative estimate of drug-likeness (QED) is 0.307. The van der Waals surface area contributed by atoms with Crippen molar-refractivity contribution in [1.29, 1.82) is 0 Å². The van der Waals surface area contributed by atoms with Gasteiger partial charge in [0.1, 0.15) is 22.8 Å². The van der Waals surface area contributed by atoms with Crippen molar-refractivity contribution in [1.82, 2.24) is 4.90 Å². The third-order valence-corrected chi connectivity index (χ3v) is 8.95. The number of phenolic OH excluding ortho intramolecular Hbond substituents is 1. The molecule has 0 saturated heterocycles. The van der Waals surface area contributed by atoms with Gasteiger partial charge in [-0.05, 0) is 72.3 Å². The number of hydrogen-bond donors (Lipinski definition) is 5. The Bertz CT molecular complexity index is 1730. The van der Waals surface area contributed by atoms with Gasteiger partial charge in [0, 0.05) is 17.7 Å². The highest BCUT2D eigenvalue weighted by molar-refractivity contribution is 6.22. The van der Waals surface area contributed by atoms with Crippen LogP contribution in [0.15, 0.2) is 71.2 Å². The van der Waals surface area contributed by atoms with Crippen molar-refractivity contribution in [3.05, 3.63) is 87.9 Å². The number of amides is 1. The van der Waals surface area contributed by atoms with E-state index in [2.05, 4.69) is 0 Å². The van der Waals surface area contributed by atoms with Crippen LogP contribution in [0.25, 0.3) is 21.9 Å². The van der Waals surface area contributed by atoms with Gasteiger partial charge in [-0.25, -0.2) is 0 Å². The standard InChI is InChI=1S/C32H31N3O6/c1-35(2)26-21-11-15-10-20-19(18-9-5-7-14-6-3-4-8-17(14)18)12-16(13-33)27(36)23(20)28(37)22(15)29(38)24(21)30(39)25(31(26)40)32(34)41/h3-9,12,15,21,24,26,36,38,40H,10-11,13,33H2,1-2H3,(H2,34,41)/t15?,21?,24?,26-/m0/s1. The van der Waals surface area contributed by atoms with Gasteiger partial charge in [0.05, 0.1) is 17.5 Å². The van der Waals surface area contributed by atoms with E-state index in [1.165, 1.54) is 0 Å². The maximum absolute atomic E-state index is 14.2. The third kappa shape index (κ3) is 3.80. The largest absolute Gasteiger partial charge is 0.511 e. The molecule has 1 amide bonds. The van der Waals surface area contributed by atoms with E-state index in [1.54, 1.807) is 19.0 Å². The lowest BCUT2D eigenvalue weighted by molar-refractivity contribution is -0.127. The molecule has 3 aliphatic rings. The normalized spacial score (nSPS) is 24.0. The Hall–Kier alpha value is -4.47. The third-order valence-electron chi connectivity index (χ3n) is 8.95. The molecule has 0 fully saturated rings. The van der Waals surface area contributed by atoms with Crippen molar-refractivity contribution in [3.8, 4) is 16.9 Å². The molecule has 6 rings (SSSR count). The van der Waals surface area contributed by atoms with Gasteiger partial charge in [0.15, 0.2) is 11.6 Å². The van der Waals surface area contributed by atoms with Crippen LogP contribution in [0, 0.1) is 17.8 Å². The van der Waals surface area contributed by atoms with Gasteiger partial charge >= 0.3 is 0 Å². The highest BCUT2D eigenvalue weighted by atomic mass is 16.3. The predicted octanol–water partition coefficient (Wildman–Crippen LogP) is 3.28. The lowest BCUT2D eigenvalue weighted by Gasteiger charge is -2.46. The molecule has 0 radical (unpaired) electrons. The molecule has 3 aliphatic carbocycles. The van der Waals surface area contributed by atoms with Crippen LogP contribution in [-0.4, -0.2) is 57.8 Å². The number of likely N-dealkylation sites (N-methyl/N-ethyl adjacent to an activating group) is 1. The highest BCUT2D eigenvalue weighted by Gasteiger charge is 2.54. The van der Waals surface area contributed by atoms with E-state index >= 15 is 0 Å². The van der Waals surface area contributed by atoms with Crippen molar-refractivity contribution in [2.45, 2.75) is 25.4 Å². The molecule has 41 heavy (non-hydrogen) atoms. The number of nitrogens with zero attached hydrogens (tertiary/aromatic N) is 1. The Labute approximate surface area is 236 Å². The summed E-state index contributed by atoms with van der Waals surface area (Å²) in [6, 6.07) is 14.9. The van der Waals surface area contributed by atoms with Crippen molar-refractivity contribution in [3.63, 3.8) is 0 Å². The lowest BCUT2D eigenvalue weighted by atomic mass is 9.60. The minimum atomic E-state index is -1.23. The van der Waals surface area contributed by atoms with Crippen LogP contribution in [0.1, 0.15) is 27.9 Å². The minimum Gasteiger partial charge on any atom is -0.511 e. The molecular weight excluding hydrogens is 522 g/mol. The van der Waals surface area contributed by atoms with Crippen LogP contribution >= 0.6 is 0 Å². The van der Waals surface area contributed by atoms with Crippen LogP contribution < -0.4 is 11.5 Å². The van der Waals surface area contributed by atoms with Gasteiger partial charge in [-0.15, -0.1) is 0 Å². The summed E-state index contributed by atoms with van der Waals surface area (Å²) in [6.45, 7) is -0.0155. The number of hydrogen-bond acceptors (Lipinski definition) is 8. The molecule has 0 aliphatic heterocycles. The first-order valence-corrected chi connectivity index (χ1v) is 13.5. The highest BCUT2D eigenvalue weighted by Crippen LogP contribution is 2.52. The van der Waals surface area contributed by atoms with Crippen molar-refractivity contribution in [2.24, 2.45) is 29.2 Å². The summed E-state index contributed by atoms with van der Waals surface area (Å²) < 4.78 is 0. The van der Waals surface area contributed by atoms with E-state index in [-0.39, 0.29) is 29.9 Å². The Morgan fingerprint density at radius 2 is 1.71 bits per heavy atom. The summed E-state index contributed by atoms with van der Waals surface area (Å²) in [5.74, 6) is -5.91. The fourth-order valence-electron chi connectivity index (χ4n) is 7.25. The van der Waals surface area contributed by atoms with E-state index in [0.29, 0.717) is 17.5 Å². The number of Topliss-reactive ketones (excluding diaryl/α,β-unsaturated/α-hetero) is 2. The molecular formula is C32H31N3O6. The van der Waals surface area contributed by atoms with Crippen molar-refractivity contribution >= 4 is 28.2 Å². The monoisotopic (exact) mass is 553 g/mol. The van der Waals surface area contributed by atoms with Gasteiger partial charge in [-0.3, -0.25) is 19.3 Å². The van der Waals surface area contributed by atoms with Gasteiger partial charge in [-0.1, -0.05) is 42.5 Å². The number of benzene rings is 3. The Kier molecular flexibility index (Phi) is 6.24. The topological polar surface area (TPSA) is 167 Å². The maximum atomic E-state index is 14.2. The number of rotatable bonds is 4. The number of allylic oxidation sites excluding steroid dienone is 2. The van der Waals surface area contributed by atoms with Crippen LogP contribution in [-0.2, 0) is 22.6 Å². The minimum absolute atomic E-state index is 0.0155. The summed E-state index contributed by atoms with van der Waals surface area (Å²) in [4.78, 5) is 41.5. The second-order valence-corrected chi connectivity index (χ2v) is 11.3. The summed E-state index contributed by atoms with van der Waals surface area (Å²) >= 11 is 0. The molecule has 0 spiro atoms. The first-order chi connectivity index (χ1) is 19.6. The van der Waals surface area contributed by atoms with E-state index in [9.17, 15) is 29.7 Å². The molecule has 7 N–H and O–H groups in total. The molecule has 4 atom stereocenters. The van der Waals surface area contributed by atoms with E-state index in [0.717, 1.165) is 21.9 Å². The Morgan fingerprint density at radius 3 is 2.39 bits per heavy atom. The van der Waals surface area contributed by atoms with Gasteiger partial charge in [-0.2, -0.15) is 0 Å². The number of nitrogens with two attached hydrogens (primary N) is 2. The van der Waals surface area contributed by atoms with Gasteiger partial charge in [0.25, 0.3) is 5.91 Å². The number of primary amides is 1. The first-order valence-electron chi connectivity index (χ1n) is 13.5. The molecule has 9 heteroatoms. The molecule has 0 saturated carbocycles. The van der Waals surface area contributed by atoms with E-state index in [4.69, 9.17) is 11.5 Å². The van der Waals surface area contributed by atoms with Crippen LogP contribution in [0.3, 0.4) is 0 Å². The number of aromatic hydroxyl groups is 1. The fraction of sp³-hybridized carbons (Fsp3) is 0.281. The second-order valence-electron chi connectivity index (χ2n) is 11.3. The molecule has 3 unspecified atom stereocenters. The zero-order valence-corrected chi connectivity index (χ0v) is 22.7. The number of phenols is 1.